The van der Waals surface area contributed by atoms with Crippen LogP contribution in [0.4, 0.5) is 0 Å². The van der Waals surface area contributed by atoms with Crippen molar-refractivity contribution in [1.82, 2.24) is 0 Å². The molecule has 0 heterocycles. The van der Waals surface area contributed by atoms with Crippen LogP contribution in [0.25, 0.3) is 0 Å². The minimum absolute atomic E-state index is 0.0964. The molecule has 0 saturated carbocycles. The first-order valence-corrected chi connectivity index (χ1v) is 37.8. The van der Waals surface area contributed by atoms with Gasteiger partial charge in [0, 0.05) is 52.3 Å². The van der Waals surface area contributed by atoms with Crippen LogP contribution in [0.2, 0.25) is 0 Å². The summed E-state index contributed by atoms with van der Waals surface area (Å²) in [6.07, 6.45) is 0.403. The molecular formula is C91H146N7O11+7. The molecule has 0 radical (unpaired) electrons. The van der Waals surface area contributed by atoms with Crippen LogP contribution in [0.5, 0.6) is 40.2 Å². The Morgan fingerprint density at radius 3 is 0.761 bits per heavy atom. The molecule has 0 unspecified atom stereocenters. The van der Waals surface area contributed by atoms with Crippen LogP contribution in [0.15, 0.2) is 170 Å². The van der Waals surface area contributed by atoms with Gasteiger partial charge in [-0.3, -0.25) is 19.2 Å². The van der Waals surface area contributed by atoms with Crippen molar-refractivity contribution in [3.8, 4) is 40.2 Å². The van der Waals surface area contributed by atoms with E-state index in [1.165, 1.54) is 45.9 Å². The molecule has 604 valence electrons. The first kappa shape index (κ1) is 98.5. The lowest BCUT2D eigenvalue weighted by atomic mass is 9.97. The van der Waals surface area contributed by atoms with E-state index in [4.69, 9.17) is 33.2 Å². The molecule has 7 aromatic carbocycles. The number of ether oxygens (including phenoxy) is 7. The van der Waals surface area contributed by atoms with Crippen LogP contribution in [0, 0.1) is 11.3 Å². The van der Waals surface area contributed by atoms with Crippen LogP contribution < -0.4 is 33.2 Å². The van der Waals surface area contributed by atoms with E-state index in [-0.39, 0.29) is 35.4 Å². The molecule has 7 aromatic rings. The molecular weight excluding hydrogens is 1370 g/mol. The molecule has 0 aliphatic carbocycles. The van der Waals surface area contributed by atoms with Gasteiger partial charge in [0.05, 0.1) is 173 Å². The second-order valence-corrected chi connectivity index (χ2v) is 37.1. The van der Waals surface area contributed by atoms with Crippen molar-refractivity contribution in [1.29, 1.82) is 0 Å². The van der Waals surface area contributed by atoms with Crippen LogP contribution in [0.1, 0.15) is 122 Å². The Morgan fingerprint density at radius 1 is 0.321 bits per heavy atom. The lowest BCUT2D eigenvalue weighted by Gasteiger charge is -2.24. The lowest BCUT2D eigenvalue weighted by Crippen LogP contribution is -2.33. The summed E-state index contributed by atoms with van der Waals surface area (Å²) in [6, 6.07) is 55.7. The highest BCUT2D eigenvalue weighted by Crippen LogP contribution is 2.24. The van der Waals surface area contributed by atoms with E-state index >= 15 is 0 Å². The van der Waals surface area contributed by atoms with Crippen LogP contribution in [0.3, 0.4) is 0 Å². The zero-order valence-corrected chi connectivity index (χ0v) is 73.7. The van der Waals surface area contributed by atoms with Gasteiger partial charge >= 0.3 is 23.9 Å². The van der Waals surface area contributed by atoms with Crippen molar-refractivity contribution in [3.05, 3.63) is 209 Å². The Morgan fingerprint density at radius 2 is 0.550 bits per heavy atom. The van der Waals surface area contributed by atoms with Gasteiger partial charge in [0.1, 0.15) is 91.7 Å². The van der Waals surface area contributed by atoms with Crippen molar-refractivity contribution in [3.63, 3.8) is 0 Å². The Kier molecular flexibility index (Phi) is 40.7. The summed E-state index contributed by atoms with van der Waals surface area (Å²) in [5.41, 5.74) is 8.38. The third-order valence-corrected chi connectivity index (χ3v) is 14.3. The van der Waals surface area contributed by atoms with Gasteiger partial charge in [0.25, 0.3) is 0 Å². The average Bonchev–Trinajstić information content (AvgIpc) is 0.919. The maximum Gasteiger partial charge on any atom is 0.316 e. The van der Waals surface area contributed by atoms with Crippen molar-refractivity contribution in [2.24, 2.45) is 11.3 Å². The molecule has 18 nitrogen and oxygen atoms in total. The minimum Gasteiger partial charge on any atom is -0.497 e. The molecule has 0 N–H and O–H groups in total. The van der Waals surface area contributed by atoms with Crippen molar-refractivity contribution < 1.29 is 83.7 Å². The van der Waals surface area contributed by atoms with E-state index < -0.39 is 5.41 Å². The molecule has 0 atom stereocenters. The van der Waals surface area contributed by atoms with Gasteiger partial charge in [-0.1, -0.05) is 20.8 Å². The normalized spacial score (nSPS) is 11.7. The number of carbonyl (C=O) groups excluding carboxylic acids is 4. The van der Waals surface area contributed by atoms with Gasteiger partial charge in [-0.25, -0.2) is 0 Å². The summed E-state index contributed by atoms with van der Waals surface area (Å²) < 4.78 is 43.2. The highest BCUT2D eigenvalue weighted by Gasteiger charge is 2.24. The maximum atomic E-state index is 11.7. The smallest absolute Gasteiger partial charge is 0.316 e. The van der Waals surface area contributed by atoms with E-state index in [1.807, 2.05) is 163 Å². The standard InChI is InChI=1S/C15H24NO2.C14H22NO2.C14H24NO.C13H20NO2.C12H18NO2.C12H20NO.C11H18NO/c1-15(2,3)14(17)18-13-9-7-12(8-10-13)11-16(4,5)6;1-11(2)14(16)17-13-8-6-12(7-9-13)10-15(3,4)5;1-14(2,3)16-13-9-7-12(8-10-13)11-15(4,5)6;1-5-13(15)16-12-8-6-11(7-9-12)10-14(2,3)4;1-10(14)15-12-7-5-11(6-8-12)9-13(2,3)4;1-5-14-12-8-6-11(7-9-12)10-13(2,3)4;1-12(2,3)9-10-5-7-11(13-4)8-6-10/h7-10H,11H2,1-6H3;6-9,11H,10H2,1-5H3;7-10H,11H2,1-6H3;6-9H,5,10H2,1-4H3;5-8H,9H2,1-4H3;6-9H,5,10H2,1-4H3;5-8H,9H2,1-4H3/q7*+1. The fraction of sp³-hybridized carbons (Fsp3) is 0.495. The second kappa shape index (κ2) is 45.0. The topological polar surface area (TPSA) is 133 Å². The summed E-state index contributed by atoms with van der Waals surface area (Å²) >= 11 is 0. The van der Waals surface area contributed by atoms with Crippen molar-refractivity contribution in [2.75, 3.05) is 162 Å². The molecule has 7 rings (SSSR count). The van der Waals surface area contributed by atoms with Gasteiger partial charge in [0.15, 0.2) is 0 Å². The Bertz CT molecular complexity index is 3680. The molecule has 0 saturated heterocycles. The fourth-order valence-corrected chi connectivity index (χ4v) is 9.95. The zero-order valence-electron chi connectivity index (χ0n) is 73.7. The van der Waals surface area contributed by atoms with Crippen molar-refractivity contribution in [2.45, 2.75) is 134 Å². The molecule has 0 bridgehead atoms. The molecule has 0 aliphatic rings. The van der Waals surface area contributed by atoms with E-state index in [1.54, 1.807) is 14.0 Å². The van der Waals surface area contributed by atoms with Crippen LogP contribution in [-0.2, 0) is 65.0 Å². The number of hydrogen-bond donors (Lipinski definition) is 0. The highest BCUT2D eigenvalue weighted by molar-refractivity contribution is 5.78. The van der Waals surface area contributed by atoms with Crippen LogP contribution >= 0.6 is 0 Å². The van der Waals surface area contributed by atoms with E-state index in [0.29, 0.717) is 29.4 Å². The highest BCUT2D eigenvalue weighted by atomic mass is 16.5. The monoisotopic (exact) mass is 1510 g/mol. The molecule has 18 heteroatoms. The third kappa shape index (κ3) is 52.3. The molecule has 0 fully saturated rings. The summed E-state index contributed by atoms with van der Waals surface area (Å²) in [5.74, 6) is 4.31. The van der Waals surface area contributed by atoms with Gasteiger partial charge in [-0.2, -0.15) is 0 Å². The average molecular weight is 1510 g/mol. The SMILES string of the molecule is CC(=O)Oc1ccc(C[N+](C)(C)C)cc1.CC(C)(C)C(=O)Oc1ccc(C[N+](C)(C)C)cc1.CC(C)(C)Oc1ccc(C[N+](C)(C)C)cc1.CC(C)C(=O)Oc1ccc(C[N+](C)(C)C)cc1.CCC(=O)Oc1ccc(C[N+](C)(C)C)cc1.CCOc1ccc(C[N+](C)(C)C)cc1.COc1ccc(C[N+](C)(C)C)cc1. The summed E-state index contributed by atoms with van der Waals surface area (Å²) in [4.78, 5) is 44.9. The molecule has 109 heavy (non-hydrogen) atoms. The largest absolute Gasteiger partial charge is 0.497 e. The molecule has 0 spiro atoms. The number of benzene rings is 7. The summed E-state index contributed by atoms with van der Waals surface area (Å²) in [6.45, 7) is 28.3. The number of quaternary nitrogens is 7. The summed E-state index contributed by atoms with van der Waals surface area (Å²) in [7, 11) is 47.1. The predicted octanol–water partition coefficient (Wildman–Crippen LogP) is 16.6. The minimum atomic E-state index is -0.471. The lowest BCUT2D eigenvalue weighted by molar-refractivity contribution is -0.884. The predicted molar refractivity (Wildman–Crippen MR) is 448 cm³/mol. The number of rotatable bonds is 24. The fourth-order valence-electron chi connectivity index (χ4n) is 9.95. The van der Waals surface area contributed by atoms with Gasteiger partial charge in [-0.15, -0.1) is 0 Å². The van der Waals surface area contributed by atoms with E-state index in [2.05, 4.69) is 217 Å². The van der Waals surface area contributed by atoms with Gasteiger partial charge < -0.3 is 64.5 Å². The number of carbonyl (C=O) groups is 4. The number of esters is 4. The number of hydrogen-bond acceptors (Lipinski definition) is 11. The zero-order chi connectivity index (χ0) is 83.6. The third-order valence-electron chi connectivity index (χ3n) is 14.3. The number of nitrogens with zero attached hydrogens (tertiary/aromatic N) is 7. The summed E-state index contributed by atoms with van der Waals surface area (Å²) in [5, 5.41) is 0. The maximum absolute atomic E-state index is 11.7. The van der Waals surface area contributed by atoms with E-state index in [0.717, 1.165) is 101 Å². The van der Waals surface area contributed by atoms with E-state index in [9.17, 15) is 19.2 Å². The second-order valence-electron chi connectivity index (χ2n) is 37.1. The Hall–Kier alpha value is -8.46. The number of methoxy groups -OCH3 is 1. The molecule has 0 aliphatic heterocycles. The Balaban J connectivity index is 0.000000637. The quantitative estimate of drug-likeness (QED) is 0.0325. The first-order chi connectivity index (χ1) is 49.8. The van der Waals surface area contributed by atoms with Crippen molar-refractivity contribution >= 4 is 23.9 Å². The molecule has 0 amide bonds. The van der Waals surface area contributed by atoms with Gasteiger partial charge in [-0.05, 0) is 218 Å². The first-order valence-electron chi connectivity index (χ1n) is 37.8. The van der Waals surface area contributed by atoms with Gasteiger partial charge in [0.2, 0.25) is 0 Å². The molecule has 0 aromatic heterocycles. The Labute approximate surface area is 660 Å². The van der Waals surface area contributed by atoms with Crippen LogP contribution in [-0.4, -0.2) is 223 Å².